The van der Waals surface area contributed by atoms with E-state index in [9.17, 15) is 0 Å². The van der Waals surface area contributed by atoms with Crippen molar-refractivity contribution in [2.75, 3.05) is 7.11 Å². The van der Waals surface area contributed by atoms with E-state index in [0.29, 0.717) is 0 Å². The molecule has 0 atom stereocenters. The molecule has 13 heavy (non-hydrogen) atoms. The van der Waals surface area contributed by atoms with Gasteiger partial charge in [0.15, 0.2) is 5.65 Å². The molecule has 2 rings (SSSR count). The van der Waals surface area contributed by atoms with Crippen LogP contribution in [0.2, 0.25) is 0 Å². The van der Waals surface area contributed by atoms with Crippen LogP contribution in [-0.4, -0.2) is 21.7 Å². The van der Waals surface area contributed by atoms with E-state index in [0.717, 1.165) is 11.4 Å². The molecule has 0 spiro atoms. The summed E-state index contributed by atoms with van der Waals surface area (Å²) in [5, 5.41) is 4.04. The average molecular weight is 179 g/mol. The van der Waals surface area contributed by atoms with E-state index >= 15 is 0 Å². The Kier molecular flexibility index (Phi) is 3.25. The topological polar surface area (TPSA) is 39.4 Å². The van der Waals surface area contributed by atoms with Gasteiger partial charge in [-0.05, 0) is 0 Å². The lowest BCUT2D eigenvalue weighted by Gasteiger charge is -1.97. The van der Waals surface area contributed by atoms with Crippen molar-refractivity contribution in [3.05, 3.63) is 24.7 Å². The molecule has 0 aliphatic carbocycles. The molecule has 0 aromatic carbocycles. The summed E-state index contributed by atoms with van der Waals surface area (Å²) in [6, 6.07) is 1.83. The highest BCUT2D eigenvalue weighted by atomic mass is 16.5. The highest BCUT2D eigenvalue weighted by Crippen LogP contribution is 2.09. The lowest BCUT2D eigenvalue weighted by atomic mass is 10.5. The SMILES string of the molecule is CC.COc1cnn2ccnc2c1. The van der Waals surface area contributed by atoms with Crippen molar-refractivity contribution in [1.29, 1.82) is 0 Å². The number of aromatic nitrogens is 3. The molecule has 2 heterocycles. The zero-order chi connectivity index (χ0) is 9.68. The van der Waals surface area contributed by atoms with Crippen LogP contribution in [0.25, 0.3) is 5.65 Å². The Labute approximate surface area is 77.2 Å². The molecular formula is C9H13N3O. The lowest BCUT2D eigenvalue weighted by Crippen LogP contribution is -1.91. The van der Waals surface area contributed by atoms with Crippen LogP contribution in [-0.2, 0) is 0 Å². The Hall–Kier alpha value is -1.58. The summed E-state index contributed by atoms with van der Waals surface area (Å²) in [4.78, 5) is 4.05. The summed E-state index contributed by atoms with van der Waals surface area (Å²) in [7, 11) is 1.61. The van der Waals surface area contributed by atoms with Gasteiger partial charge in [-0.15, -0.1) is 0 Å². The van der Waals surface area contributed by atoms with Crippen LogP contribution in [0.5, 0.6) is 5.75 Å². The number of fused-ring (bicyclic) bond motifs is 1. The molecule has 4 heteroatoms. The second kappa shape index (κ2) is 4.45. The molecule has 0 saturated carbocycles. The Morgan fingerprint density at radius 3 is 2.85 bits per heavy atom. The van der Waals surface area contributed by atoms with Crippen molar-refractivity contribution in [3.8, 4) is 5.75 Å². The molecule has 0 fully saturated rings. The van der Waals surface area contributed by atoms with Crippen LogP contribution in [0, 0.1) is 0 Å². The summed E-state index contributed by atoms with van der Waals surface area (Å²) in [5.74, 6) is 0.726. The predicted molar refractivity (Wildman–Crippen MR) is 50.9 cm³/mol. The number of ether oxygens (including phenoxy) is 1. The minimum Gasteiger partial charge on any atom is -0.495 e. The monoisotopic (exact) mass is 179 g/mol. The van der Waals surface area contributed by atoms with Gasteiger partial charge in [-0.25, -0.2) is 9.50 Å². The van der Waals surface area contributed by atoms with Crippen LogP contribution < -0.4 is 4.74 Å². The molecule has 2 aromatic heterocycles. The van der Waals surface area contributed by atoms with Gasteiger partial charge >= 0.3 is 0 Å². The Balaban J connectivity index is 0.000000396. The average Bonchev–Trinajstić information content (AvgIpc) is 2.67. The number of nitrogens with zero attached hydrogens (tertiary/aromatic N) is 3. The van der Waals surface area contributed by atoms with E-state index in [1.807, 2.05) is 19.9 Å². The van der Waals surface area contributed by atoms with Crippen LogP contribution in [0.4, 0.5) is 0 Å². The van der Waals surface area contributed by atoms with Crippen LogP contribution in [0.3, 0.4) is 0 Å². The maximum Gasteiger partial charge on any atom is 0.157 e. The van der Waals surface area contributed by atoms with Gasteiger partial charge in [0.2, 0.25) is 0 Å². The first-order chi connectivity index (χ1) is 6.40. The fourth-order valence-corrected chi connectivity index (χ4v) is 0.905. The number of imidazole rings is 1. The molecule has 0 bridgehead atoms. The van der Waals surface area contributed by atoms with Gasteiger partial charge in [0.05, 0.1) is 13.3 Å². The zero-order valence-corrected chi connectivity index (χ0v) is 8.06. The molecule has 4 nitrogen and oxygen atoms in total. The number of methoxy groups -OCH3 is 1. The molecular weight excluding hydrogens is 166 g/mol. The van der Waals surface area contributed by atoms with E-state index in [1.165, 1.54) is 0 Å². The lowest BCUT2D eigenvalue weighted by molar-refractivity contribution is 0.411. The minimum atomic E-state index is 0.726. The van der Waals surface area contributed by atoms with Crippen LogP contribution >= 0.6 is 0 Å². The van der Waals surface area contributed by atoms with Crippen molar-refractivity contribution < 1.29 is 4.74 Å². The van der Waals surface area contributed by atoms with Crippen molar-refractivity contribution in [3.63, 3.8) is 0 Å². The molecule has 0 saturated heterocycles. The Morgan fingerprint density at radius 2 is 2.15 bits per heavy atom. The van der Waals surface area contributed by atoms with Gasteiger partial charge in [-0.3, -0.25) is 0 Å². The summed E-state index contributed by atoms with van der Waals surface area (Å²) >= 11 is 0. The third-order valence-corrected chi connectivity index (χ3v) is 1.47. The van der Waals surface area contributed by atoms with Gasteiger partial charge in [-0.2, -0.15) is 5.10 Å². The quantitative estimate of drug-likeness (QED) is 0.669. The smallest absolute Gasteiger partial charge is 0.157 e. The Bertz CT molecular complexity index is 370. The summed E-state index contributed by atoms with van der Waals surface area (Å²) in [6.07, 6.45) is 5.13. The van der Waals surface area contributed by atoms with E-state index in [2.05, 4.69) is 10.1 Å². The van der Waals surface area contributed by atoms with Crippen molar-refractivity contribution in [2.24, 2.45) is 0 Å². The highest BCUT2D eigenvalue weighted by molar-refractivity contribution is 5.41. The molecule has 0 aliphatic rings. The minimum absolute atomic E-state index is 0.726. The number of rotatable bonds is 1. The van der Waals surface area contributed by atoms with Gasteiger partial charge in [-0.1, -0.05) is 13.8 Å². The van der Waals surface area contributed by atoms with Gasteiger partial charge < -0.3 is 4.74 Å². The van der Waals surface area contributed by atoms with Crippen LogP contribution in [0.15, 0.2) is 24.7 Å². The molecule has 0 radical (unpaired) electrons. The van der Waals surface area contributed by atoms with Crippen LogP contribution in [0.1, 0.15) is 13.8 Å². The first kappa shape index (κ1) is 9.51. The summed E-state index contributed by atoms with van der Waals surface area (Å²) < 4.78 is 6.66. The third-order valence-electron chi connectivity index (χ3n) is 1.47. The Morgan fingerprint density at radius 1 is 1.38 bits per heavy atom. The molecule has 2 aromatic rings. The molecule has 70 valence electrons. The second-order valence-corrected chi connectivity index (χ2v) is 2.13. The van der Waals surface area contributed by atoms with Gasteiger partial charge in [0, 0.05) is 18.5 Å². The third kappa shape index (κ3) is 1.96. The predicted octanol–water partition coefficient (Wildman–Crippen LogP) is 1.76. The number of hydrogen-bond donors (Lipinski definition) is 0. The molecule has 0 N–H and O–H groups in total. The normalized spacial score (nSPS) is 9.15. The molecule has 0 amide bonds. The fraction of sp³-hybridized carbons (Fsp3) is 0.333. The fourth-order valence-electron chi connectivity index (χ4n) is 0.905. The zero-order valence-electron chi connectivity index (χ0n) is 8.06. The van der Waals surface area contributed by atoms with Crippen molar-refractivity contribution in [2.45, 2.75) is 13.8 Å². The first-order valence-corrected chi connectivity index (χ1v) is 4.23. The van der Waals surface area contributed by atoms with E-state index in [1.54, 1.807) is 30.2 Å². The maximum absolute atomic E-state index is 4.98. The summed E-state index contributed by atoms with van der Waals surface area (Å²) in [6.45, 7) is 4.00. The highest BCUT2D eigenvalue weighted by Gasteiger charge is 1.95. The van der Waals surface area contributed by atoms with Gasteiger partial charge in [0.25, 0.3) is 0 Å². The maximum atomic E-state index is 4.98. The number of hydrogen-bond acceptors (Lipinski definition) is 3. The van der Waals surface area contributed by atoms with Crippen molar-refractivity contribution >= 4 is 5.65 Å². The van der Waals surface area contributed by atoms with Crippen molar-refractivity contribution in [1.82, 2.24) is 14.6 Å². The second-order valence-electron chi connectivity index (χ2n) is 2.13. The standard InChI is InChI=1S/C7H7N3O.C2H6/c1-11-6-4-7-8-2-3-10(7)9-5-6;1-2/h2-5H,1H3;1-2H3. The molecule has 0 aliphatic heterocycles. The van der Waals surface area contributed by atoms with E-state index in [-0.39, 0.29) is 0 Å². The van der Waals surface area contributed by atoms with E-state index < -0.39 is 0 Å². The largest absolute Gasteiger partial charge is 0.495 e. The first-order valence-electron chi connectivity index (χ1n) is 4.23. The summed E-state index contributed by atoms with van der Waals surface area (Å²) in [5.41, 5.74) is 0.796. The van der Waals surface area contributed by atoms with E-state index in [4.69, 9.17) is 4.74 Å². The van der Waals surface area contributed by atoms with Gasteiger partial charge in [0.1, 0.15) is 5.75 Å². The molecule has 0 unspecified atom stereocenters.